The van der Waals surface area contributed by atoms with Crippen LogP contribution in [0.1, 0.15) is 12.8 Å². The van der Waals surface area contributed by atoms with E-state index >= 15 is 0 Å². The molecular formula is C13H17N5O. The van der Waals surface area contributed by atoms with Gasteiger partial charge < -0.3 is 14.2 Å². The average Bonchev–Trinajstić information content (AvgIpc) is 2.97. The van der Waals surface area contributed by atoms with Gasteiger partial charge in [-0.1, -0.05) is 18.1 Å². The summed E-state index contributed by atoms with van der Waals surface area (Å²) < 4.78 is 5.58. The first-order valence-corrected chi connectivity index (χ1v) is 6.60. The van der Waals surface area contributed by atoms with Gasteiger partial charge in [-0.2, -0.15) is 0 Å². The standard InChI is InChI=1S/C13H17N5O/c1-2-12-15-16-13(19-12)18-9-7-17(8-10-18)11-5-3-4-6-14-11/h3-6H,2,7-10H2,1H3. The largest absolute Gasteiger partial charge is 0.408 e. The average molecular weight is 259 g/mol. The van der Waals surface area contributed by atoms with E-state index < -0.39 is 0 Å². The van der Waals surface area contributed by atoms with Gasteiger partial charge in [0.25, 0.3) is 0 Å². The summed E-state index contributed by atoms with van der Waals surface area (Å²) >= 11 is 0. The summed E-state index contributed by atoms with van der Waals surface area (Å²) in [5.74, 6) is 1.73. The van der Waals surface area contributed by atoms with Crippen molar-refractivity contribution in [3.05, 3.63) is 30.3 Å². The lowest BCUT2D eigenvalue weighted by atomic mass is 10.3. The molecule has 1 fully saturated rings. The van der Waals surface area contributed by atoms with Crippen molar-refractivity contribution in [3.63, 3.8) is 0 Å². The van der Waals surface area contributed by atoms with Gasteiger partial charge in [0.1, 0.15) is 5.82 Å². The van der Waals surface area contributed by atoms with Gasteiger partial charge in [0, 0.05) is 38.8 Å². The summed E-state index contributed by atoms with van der Waals surface area (Å²) in [5, 5.41) is 8.09. The van der Waals surface area contributed by atoms with Crippen LogP contribution in [0.5, 0.6) is 0 Å². The van der Waals surface area contributed by atoms with Gasteiger partial charge >= 0.3 is 6.01 Å². The molecule has 1 saturated heterocycles. The Morgan fingerprint density at radius 2 is 1.89 bits per heavy atom. The van der Waals surface area contributed by atoms with E-state index in [-0.39, 0.29) is 0 Å². The quantitative estimate of drug-likeness (QED) is 0.829. The molecule has 3 heterocycles. The second kappa shape index (κ2) is 5.26. The van der Waals surface area contributed by atoms with Crippen LogP contribution in [0.3, 0.4) is 0 Å². The fourth-order valence-corrected chi connectivity index (χ4v) is 2.18. The number of anilines is 2. The fraction of sp³-hybridized carbons (Fsp3) is 0.462. The first-order chi connectivity index (χ1) is 9.36. The highest BCUT2D eigenvalue weighted by Crippen LogP contribution is 2.17. The Hall–Kier alpha value is -2.11. The minimum absolute atomic E-state index is 0.637. The Morgan fingerprint density at radius 1 is 1.11 bits per heavy atom. The number of aromatic nitrogens is 3. The minimum atomic E-state index is 0.637. The molecule has 0 spiro atoms. The predicted octanol–water partition coefficient (Wildman–Crippen LogP) is 1.35. The lowest BCUT2D eigenvalue weighted by molar-refractivity contribution is 0.478. The molecular weight excluding hydrogens is 242 g/mol. The van der Waals surface area contributed by atoms with Gasteiger partial charge in [0.15, 0.2) is 0 Å². The molecule has 1 aliphatic heterocycles. The van der Waals surface area contributed by atoms with E-state index in [9.17, 15) is 0 Å². The van der Waals surface area contributed by atoms with E-state index in [1.54, 1.807) is 0 Å². The van der Waals surface area contributed by atoms with Crippen LogP contribution in [0.2, 0.25) is 0 Å². The maximum Gasteiger partial charge on any atom is 0.318 e. The molecule has 6 heteroatoms. The molecule has 100 valence electrons. The summed E-state index contributed by atoms with van der Waals surface area (Å²) in [6.45, 7) is 5.60. The molecule has 2 aromatic heterocycles. The van der Waals surface area contributed by atoms with Crippen molar-refractivity contribution < 1.29 is 4.42 Å². The van der Waals surface area contributed by atoms with Gasteiger partial charge in [-0.3, -0.25) is 0 Å². The first-order valence-electron chi connectivity index (χ1n) is 6.60. The van der Waals surface area contributed by atoms with Crippen LogP contribution >= 0.6 is 0 Å². The lowest BCUT2D eigenvalue weighted by Crippen LogP contribution is -2.47. The SMILES string of the molecule is CCc1nnc(N2CCN(c3ccccn3)CC2)o1. The Labute approximate surface area is 112 Å². The zero-order valence-corrected chi connectivity index (χ0v) is 11.0. The molecule has 0 radical (unpaired) electrons. The Bertz CT molecular complexity index is 519. The highest BCUT2D eigenvalue weighted by Gasteiger charge is 2.21. The third-order valence-corrected chi connectivity index (χ3v) is 3.28. The predicted molar refractivity (Wildman–Crippen MR) is 72.3 cm³/mol. The van der Waals surface area contributed by atoms with E-state index in [1.807, 2.05) is 31.3 Å². The third kappa shape index (κ3) is 2.52. The van der Waals surface area contributed by atoms with Gasteiger partial charge in [0.05, 0.1) is 0 Å². The number of piperazine rings is 1. The summed E-state index contributed by atoms with van der Waals surface area (Å²) in [5.41, 5.74) is 0. The molecule has 2 aromatic rings. The zero-order valence-electron chi connectivity index (χ0n) is 11.0. The van der Waals surface area contributed by atoms with Crippen LogP contribution in [0, 0.1) is 0 Å². The highest BCUT2D eigenvalue weighted by atomic mass is 16.4. The Balaban J connectivity index is 1.63. The van der Waals surface area contributed by atoms with Crippen molar-refractivity contribution in [2.45, 2.75) is 13.3 Å². The highest BCUT2D eigenvalue weighted by molar-refractivity contribution is 5.41. The van der Waals surface area contributed by atoms with Crippen LogP contribution in [0.4, 0.5) is 11.8 Å². The smallest absolute Gasteiger partial charge is 0.318 e. The maximum absolute atomic E-state index is 5.58. The topological polar surface area (TPSA) is 58.3 Å². The summed E-state index contributed by atoms with van der Waals surface area (Å²) in [6.07, 6.45) is 2.61. The number of pyridine rings is 1. The van der Waals surface area contributed by atoms with Crippen LogP contribution in [0.15, 0.2) is 28.8 Å². The van der Waals surface area contributed by atoms with Crippen LogP contribution < -0.4 is 9.80 Å². The molecule has 3 rings (SSSR count). The minimum Gasteiger partial charge on any atom is -0.408 e. The lowest BCUT2D eigenvalue weighted by Gasteiger charge is -2.34. The van der Waals surface area contributed by atoms with Crippen molar-refractivity contribution in [1.82, 2.24) is 15.2 Å². The molecule has 0 amide bonds. The Kier molecular flexibility index (Phi) is 3.31. The fourth-order valence-electron chi connectivity index (χ4n) is 2.18. The molecule has 0 unspecified atom stereocenters. The molecule has 0 aromatic carbocycles. The number of aryl methyl sites for hydroxylation is 1. The van der Waals surface area contributed by atoms with Crippen molar-refractivity contribution in [2.75, 3.05) is 36.0 Å². The van der Waals surface area contributed by atoms with E-state index in [1.165, 1.54) is 0 Å². The molecule has 0 saturated carbocycles. The van der Waals surface area contributed by atoms with Gasteiger partial charge in [0.2, 0.25) is 5.89 Å². The van der Waals surface area contributed by atoms with Crippen LogP contribution in [-0.4, -0.2) is 41.4 Å². The number of hydrogen-bond acceptors (Lipinski definition) is 6. The molecule has 0 N–H and O–H groups in total. The van der Waals surface area contributed by atoms with Gasteiger partial charge in [-0.25, -0.2) is 4.98 Å². The van der Waals surface area contributed by atoms with Crippen molar-refractivity contribution in [3.8, 4) is 0 Å². The summed E-state index contributed by atoms with van der Waals surface area (Å²) in [6, 6.07) is 6.62. The second-order valence-electron chi connectivity index (χ2n) is 4.49. The van der Waals surface area contributed by atoms with Gasteiger partial charge in [-0.05, 0) is 12.1 Å². The second-order valence-corrected chi connectivity index (χ2v) is 4.49. The van der Waals surface area contributed by atoms with Crippen LogP contribution in [0.25, 0.3) is 0 Å². The van der Waals surface area contributed by atoms with Crippen molar-refractivity contribution in [2.24, 2.45) is 0 Å². The van der Waals surface area contributed by atoms with Crippen molar-refractivity contribution >= 4 is 11.8 Å². The normalized spacial score (nSPS) is 15.8. The monoisotopic (exact) mass is 259 g/mol. The van der Waals surface area contributed by atoms with Crippen LogP contribution in [-0.2, 0) is 6.42 Å². The van der Waals surface area contributed by atoms with E-state index in [0.717, 1.165) is 38.4 Å². The number of rotatable bonds is 3. The molecule has 1 aliphatic rings. The van der Waals surface area contributed by atoms with E-state index in [4.69, 9.17) is 4.42 Å². The number of hydrogen-bond donors (Lipinski definition) is 0. The molecule has 19 heavy (non-hydrogen) atoms. The molecule has 0 bridgehead atoms. The Morgan fingerprint density at radius 3 is 2.53 bits per heavy atom. The third-order valence-electron chi connectivity index (χ3n) is 3.28. The van der Waals surface area contributed by atoms with E-state index in [0.29, 0.717) is 11.9 Å². The maximum atomic E-state index is 5.58. The number of nitrogens with zero attached hydrogens (tertiary/aromatic N) is 5. The molecule has 0 aliphatic carbocycles. The summed E-state index contributed by atoms with van der Waals surface area (Å²) in [7, 11) is 0. The zero-order chi connectivity index (χ0) is 13.1. The first kappa shape index (κ1) is 12.0. The van der Waals surface area contributed by atoms with E-state index in [2.05, 4.69) is 25.0 Å². The molecule has 0 atom stereocenters. The van der Waals surface area contributed by atoms with Crippen molar-refractivity contribution in [1.29, 1.82) is 0 Å². The van der Waals surface area contributed by atoms with Gasteiger partial charge in [-0.15, -0.1) is 5.10 Å². The molecule has 6 nitrogen and oxygen atoms in total. The summed E-state index contributed by atoms with van der Waals surface area (Å²) in [4.78, 5) is 8.78.